The van der Waals surface area contributed by atoms with Gasteiger partial charge in [0.15, 0.2) is 0 Å². The summed E-state index contributed by atoms with van der Waals surface area (Å²) < 4.78 is 15.0. The van der Waals surface area contributed by atoms with E-state index in [0.717, 1.165) is 24.6 Å². The summed E-state index contributed by atoms with van der Waals surface area (Å²) in [7, 11) is -2.72. The lowest BCUT2D eigenvalue weighted by Crippen LogP contribution is -2.27. The second kappa shape index (κ2) is 6.89. The highest BCUT2D eigenvalue weighted by atomic mass is 31.2. The lowest BCUT2D eigenvalue weighted by Gasteiger charge is -2.38. The molecule has 26 heavy (non-hydrogen) atoms. The van der Waals surface area contributed by atoms with E-state index >= 15 is 4.57 Å². The summed E-state index contributed by atoms with van der Waals surface area (Å²) in [5, 5.41) is 0.743. The van der Waals surface area contributed by atoms with Crippen LogP contribution in [0.15, 0.2) is 91.0 Å². The predicted molar refractivity (Wildman–Crippen MR) is 111 cm³/mol. The van der Waals surface area contributed by atoms with E-state index in [9.17, 15) is 0 Å². The molecule has 0 aromatic heterocycles. The summed E-state index contributed by atoms with van der Waals surface area (Å²) in [4.78, 5) is 0. The number of benzene rings is 3. The summed E-state index contributed by atoms with van der Waals surface area (Å²) in [5.74, 6) is 0. The highest BCUT2D eigenvalue weighted by Crippen LogP contribution is 2.79. The average Bonchev–Trinajstić information content (AvgIpc) is 3.04. The third kappa shape index (κ3) is 2.49. The molecule has 0 aliphatic carbocycles. The van der Waals surface area contributed by atoms with Crippen molar-refractivity contribution < 1.29 is 4.57 Å². The van der Waals surface area contributed by atoms with E-state index in [1.165, 1.54) is 11.1 Å². The van der Waals surface area contributed by atoms with Gasteiger partial charge in [-0.05, 0) is 30.4 Å². The molecule has 4 rings (SSSR count). The Bertz CT molecular complexity index is 905. The summed E-state index contributed by atoms with van der Waals surface area (Å²) in [5.41, 5.74) is 2.53. The second-order valence-corrected chi connectivity index (χ2v) is 10.5. The molecule has 0 spiro atoms. The van der Waals surface area contributed by atoms with Gasteiger partial charge in [0.1, 0.15) is 7.14 Å². The quantitative estimate of drug-likeness (QED) is 0.484. The molecule has 3 aromatic carbocycles. The van der Waals surface area contributed by atoms with Crippen LogP contribution < -0.4 is 5.30 Å². The monoisotopic (exact) mass is 360 g/mol. The van der Waals surface area contributed by atoms with Crippen LogP contribution in [0.3, 0.4) is 0 Å². The van der Waals surface area contributed by atoms with E-state index < -0.39 is 7.14 Å². The summed E-state index contributed by atoms with van der Waals surface area (Å²) in [6.45, 7) is 2.20. The van der Waals surface area contributed by atoms with Crippen LogP contribution >= 0.6 is 7.14 Å². The lowest BCUT2D eigenvalue weighted by molar-refractivity contribution is 0.514. The van der Waals surface area contributed by atoms with Crippen molar-refractivity contribution in [3.63, 3.8) is 0 Å². The molecule has 1 nitrogen and oxygen atoms in total. The van der Waals surface area contributed by atoms with Crippen LogP contribution in [0.4, 0.5) is 0 Å². The van der Waals surface area contributed by atoms with Crippen LogP contribution in [0.2, 0.25) is 0 Å². The molecule has 3 aromatic rings. The normalized spacial score (nSPS) is 28.1. The van der Waals surface area contributed by atoms with Gasteiger partial charge in [0, 0.05) is 11.0 Å². The molecular weight excluding hydrogens is 335 g/mol. The van der Waals surface area contributed by atoms with Gasteiger partial charge in [0.25, 0.3) is 0 Å². The Hall–Kier alpha value is -2.11. The van der Waals surface area contributed by atoms with Gasteiger partial charge in [-0.2, -0.15) is 0 Å². The molecule has 3 atom stereocenters. The molecule has 0 bridgehead atoms. The first-order chi connectivity index (χ1) is 12.7. The average molecular weight is 360 g/mol. The Morgan fingerprint density at radius 3 is 1.96 bits per heavy atom. The Balaban J connectivity index is 1.97. The van der Waals surface area contributed by atoms with E-state index in [0.29, 0.717) is 0 Å². The highest BCUT2D eigenvalue weighted by Gasteiger charge is 2.58. The van der Waals surface area contributed by atoms with E-state index in [1.807, 2.05) is 30.3 Å². The Morgan fingerprint density at radius 1 is 0.846 bits per heavy atom. The van der Waals surface area contributed by atoms with Crippen molar-refractivity contribution in [3.05, 3.63) is 102 Å². The smallest absolute Gasteiger partial charge is 0.132 e. The van der Waals surface area contributed by atoms with Gasteiger partial charge in [0.2, 0.25) is 0 Å². The van der Waals surface area contributed by atoms with Gasteiger partial charge in [0.05, 0.1) is 5.16 Å². The van der Waals surface area contributed by atoms with Crippen molar-refractivity contribution in [2.45, 2.75) is 37.0 Å². The van der Waals surface area contributed by atoms with Crippen LogP contribution in [0.25, 0.3) is 0 Å². The molecule has 0 N–H and O–H groups in total. The third-order valence-corrected chi connectivity index (χ3v) is 10.7. The Morgan fingerprint density at radius 2 is 1.38 bits per heavy atom. The summed E-state index contributed by atoms with van der Waals surface area (Å²) in [6, 6.07) is 31.3. The minimum Gasteiger partial charge on any atom is -0.317 e. The first kappa shape index (κ1) is 17.3. The van der Waals surface area contributed by atoms with Gasteiger partial charge < -0.3 is 4.57 Å². The van der Waals surface area contributed by atoms with Crippen LogP contribution in [0.5, 0.6) is 0 Å². The van der Waals surface area contributed by atoms with Gasteiger partial charge in [-0.25, -0.2) is 0 Å². The van der Waals surface area contributed by atoms with E-state index in [2.05, 4.69) is 67.6 Å². The Labute approximate surface area is 156 Å². The molecule has 1 saturated heterocycles. The van der Waals surface area contributed by atoms with Gasteiger partial charge in [-0.3, -0.25) is 0 Å². The molecule has 1 unspecified atom stereocenters. The third-order valence-electron chi connectivity index (χ3n) is 6.13. The van der Waals surface area contributed by atoms with Crippen molar-refractivity contribution in [3.8, 4) is 0 Å². The highest BCUT2D eigenvalue weighted by molar-refractivity contribution is 7.73. The molecule has 0 radical (unpaired) electrons. The van der Waals surface area contributed by atoms with Crippen LogP contribution in [0.1, 0.15) is 43.0 Å². The maximum Gasteiger partial charge on any atom is 0.132 e. The van der Waals surface area contributed by atoms with E-state index in [1.54, 1.807) is 0 Å². The molecule has 2 heteroatoms. The zero-order chi connectivity index (χ0) is 18.0. The SMILES string of the molecule is CC[C@]1(c2ccccc2)CC[C@@H](c2ccccc2)P1(=O)c1ccccc1. The summed E-state index contributed by atoms with van der Waals surface area (Å²) >= 11 is 0. The molecule has 1 aliphatic rings. The molecule has 0 amide bonds. The largest absolute Gasteiger partial charge is 0.317 e. The molecule has 1 fully saturated rings. The first-order valence-electron chi connectivity index (χ1n) is 9.48. The first-order valence-corrected chi connectivity index (χ1v) is 11.3. The molecular formula is C24H25OP. The van der Waals surface area contributed by atoms with Crippen molar-refractivity contribution in [2.75, 3.05) is 0 Å². The number of hydrogen-bond donors (Lipinski definition) is 0. The minimum atomic E-state index is -2.72. The van der Waals surface area contributed by atoms with Crippen molar-refractivity contribution in [1.29, 1.82) is 0 Å². The fraction of sp³-hybridized carbons (Fsp3) is 0.250. The zero-order valence-electron chi connectivity index (χ0n) is 15.2. The van der Waals surface area contributed by atoms with Crippen LogP contribution in [-0.2, 0) is 9.72 Å². The fourth-order valence-corrected chi connectivity index (χ4v) is 9.46. The predicted octanol–water partition coefficient (Wildman–Crippen LogP) is 6.52. The molecule has 132 valence electrons. The van der Waals surface area contributed by atoms with Crippen molar-refractivity contribution in [2.24, 2.45) is 0 Å². The Kier molecular flexibility index (Phi) is 4.59. The van der Waals surface area contributed by atoms with E-state index in [4.69, 9.17) is 0 Å². The second-order valence-electron chi connectivity index (χ2n) is 7.21. The van der Waals surface area contributed by atoms with E-state index in [-0.39, 0.29) is 10.8 Å². The zero-order valence-corrected chi connectivity index (χ0v) is 16.1. The minimum absolute atomic E-state index is 0.0891. The standard InChI is InChI=1S/C24H25OP/c1-2-24(21-14-8-4-9-15-21)19-18-23(20-12-6-3-7-13-20)26(24,25)22-16-10-5-11-17-22/h3-17,23H,2,18-19H2,1H3/t23-,24+,26?/m0/s1. The maximum absolute atomic E-state index is 15.0. The molecule has 1 heterocycles. The molecule has 1 aliphatic heterocycles. The van der Waals surface area contributed by atoms with Crippen molar-refractivity contribution in [1.82, 2.24) is 0 Å². The number of rotatable bonds is 4. The lowest BCUT2D eigenvalue weighted by atomic mass is 9.90. The topological polar surface area (TPSA) is 17.1 Å². The van der Waals surface area contributed by atoms with Crippen LogP contribution in [0, 0.1) is 0 Å². The maximum atomic E-state index is 15.0. The van der Waals surface area contributed by atoms with Gasteiger partial charge in [-0.15, -0.1) is 0 Å². The van der Waals surface area contributed by atoms with Crippen molar-refractivity contribution >= 4 is 12.4 Å². The van der Waals surface area contributed by atoms with Crippen LogP contribution in [-0.4, -0.2) is 0 Å². The van der Waals surface area contributed by atoms with Gasteiger partial charge in [-0.1, -0.05) is 97.9 Å². The summed E-state index contributed by atoms with van der Waals surface area (Å²) in [6.07, 6.45) is 2.84. The van der Waals surface area contributed by atoms with Gasteiger partial charge >= 0.3 is 0 Å². The fourth-order valence-electron chi connectivity index (χ4n) is 4.85. The number of hydrogen-bond acceptors (Lipinski definition) is 1. The molecule has 0 saturated carbocycles.